The maximum Gasteiger partial charge on any atom is 0.135 e. The van der Waals surface area contributed by atoms with Crippen molar-refractivity contribution in [2.24, 2.45) is 5.92 Å². The van der Waals surface area contributed by atoms with E-state index < -0.39 is 0 Å². The van der Waals surface area contributed by atoms with Crippen LogP contribution in [0.3, 0.4) is 0 Å². The number of nitrogens with two attached hydrogens (primary N) is 1. The Morgan fingerprint density at radius 2 is 2.22 bits per heavy atom. The first-order valence-electron chi connectivity index (χ1n) is 6.62. The third kappa shape index (κ3) is 2.90. The topological polar surface area (TPSA) is 84.1 Å². The predicted octanol–water partition coefficient (Wildman–Crippen LogP) is 1.76. The van der Waals surface area contributed by atoms with Gasteiger partial charge in [-0.25, -0.2) is 9.97 Å². The molecule has 0 bridgehead atoms. The predicted molar refractivity (Wildman–Crippen MR) is 72.4 cm³/mol. The van der Waals surface area contributed by atoms with Crippen molar-refractivity contribution in [3.8, 4) is 0 Å². The Morgan fingerprint density at radius 1 is 1.44 bits per heavy atom. The Morgan fingerprint density at radius 3 is 2.89 bits per heavy atom. The van der Waals surface area contributed by atoms with Crippen LogP contribution in [0.5, 0.6) is 0 Å². The van der Waals surface area contributed by atoms with Crippen LogP contribution in [0.25, 0.3) is 0 Å². The zero-order chi connectivity index (χ0) is 13.1. The van der Waals surface area contributed by atoms with Gasteiger partial charge in [0.25, 0.3) is 0 Å². The standard InChI is InChI=1S/C13H22N4O/c1-8(2)13-16-11(14)6-12(17-13)15-10-5-3-4-9(10)7-18/h6,8-10,18H,3-5,7H2,1-2H3,(H3,14,15,16,17). The molecule has 1 aromatic rings. The first-order chi connectivity index (χ1) is 8.60. The number of nitrogens with one attached hydrogen (secondary N) is 1. The summed E-state index contributed by atoms with van der Waals surface area (Å²) in [6.45, 7) is 4.32. The van der Waals surface area contributed by atoms with Crippen molar-refractivity contribution in [1.29, 1.82) is 0 Å². The first-order valence-corrected chi connectivity index (χ1v) is 6.62. The van der Waals surface area contributed by atoms with Crippen molar-refractivity contribution in [2.75, 3.05) is 17.7 Å². The van der Waals surface area contributed by atoms with E-state index in [1.54, 1.807) is 6.07 Å². The normalized spacial score (nSPS) is 23.6. The van der Waals surface area contributed by atoms with Gasteiger partial charge in [-0.1, -0.05) is 20.3 Å². The summed E-state index contributed by atoms with van der Waals surface area (Å²) in [5, 5.41) is 12.7. The average molecular weight is 250 g/mol. The molecule has 0 aliphatic heterocycles. The minimum absolute atomic E-state index is 0.231. The summed E-state index contributed by atoms with van der Waals surface area (Å²) >= 11 is 0. The molecule has 2 rings (SSSR count). The van der Waals surface area contributed by atoms with Crippen LogP contribution >= 0.6 is 0 Å². The van der Waals surface area contributed by atoms with E-state index in [0.717, 1.165) is 30.9 Å². The lowest BCUT2D eigenvalue weighted by Crippen LogP contribution is -2.27. The Bertz CT molecular complexity index is 408. The molecule has 0 radical (unpaired) electrons. The largest absolute Gasteiger partial charge is 0.396 e. The Hall–Kier alpha value is -1.36. The molecule has 5 heteroatoms. The van der Waals surface area contributed by atoms with E-state index in [2.05, 4.69) is 15.3 Å². The fraction of sp³-hybridized carbons (Fsp3) is 0.692. The van der Waals surface area contributed by atoms with Crippen LogP contribution in [0.2, 0.25) is 0 Å². The van der Waals surface area contributed by atoms with Gasteiger partial charge in [0.05, 0.1) is 0 Å². The maximum absolute atomic E-state index is 9.31. The lowest BCUT2D eigenvalue weighted by Gasteiger charge is -2.20. The third-order valence-corrected chi connectivity index (χ3v) is 3.51. The lowest BCUT2D eigenvalue weighted by atomic mass is 10.1. The van der Waals surface area contributed by atoms with Gasteiger partial charge in [0, 0.05) is 30.6 Å². The van der Waals surface area contributed by atoms with Crippen molar-refractivity contribution in [3.05, 3.63) is 11.9 Å². The molecule has 0 aromatic carbocycles. The van der Waals surface area contributed by atoms with Gasteiger partial charge in [-0.05, 0) is 12.8 Å². The minimum Gasteiger partial charge on any atom is -0.396 e. The van der Waals surface area contributed by atoms with Gasteiger partial charge < -0.3 is 16.2 Å². The number of nitrogens with zero attached hydrogens (tertiary/aromatic N) is 2. The second-order valence-corrected chi connectivity index (χ2v) is 5.32. The second kappa shape index (κ2) is 5.52. The van der Waals surface area contributed by atoms with Crippen LogP contribution in [0.1, 0.15) is 44.9 Å². The molecule has 4 N–H and O–H groups in total. The highest BCUT2D eigenvalue weighted by Crippen LogP contribution is 2.28. The van der Waals surface area contributed by atoms with Crippen molar-refractivity contribution in [3.63, 3.8) is 0 Å². The molecule has 1 saturated carbocycles. The molecule has 1 fully saturated rings. The maximum atomic E-state index is 9.31. The highest BCUT2D eigenvalue weighted by Gasteiger charge is 2.26. The molecular weight excluding hydrogens is 228 g/mol. The molecule has 1 heterocycles. The SMILES string of the molecule is CC(C)c1nc(N)cc(NC2CCCC2CO)n1. The van der Waals surface area contributed by atoms with Crippen molar-refractivity contribution >= 4 is 11.6 Å². The number of rotatable bonds is 4. The monoisotopic (exact) mass is 250 g/mol. The Balaban J connectivity index is 2.13. The summed E-state index contributed by atoms with van der Waals surface area (Å²) in [5.74, 6) is 2.61. The number of anilines is 2. The molecule has 1 aliphatic rings. The van der Waals surface area contributed by atoms with E-state index in [1.807, 2.05) is 13.8 Å². The zero-order valence-electron chi connectivity index (χ0n) is 11.1. The van der Waals surface area contributed by atoms with Crippen LogP contribution in [-0.2, 0) is 0 Å². The quantitative estimate of drug-likeness (QED) is 0.758. The number of hydrogen-bond donors (Lipinski definition) is 3. The summed E-state index contributed by atoms with van der Waals surface area (Å²) in [4.78, 5) is 8.71. The molecule has 2 atom stereocenters. The van der Waals surface area contributed by atoms with Gasteiger partial charge >= 0.3 is 0 Å². The highest BCUT2D eigenvalue weighted by molar-refractivity contribution is 5.45. The van der Waals surface area contributed by atoms with Gasteiger partial charge in [-0.2, -0.15) is 0 Å². The van der Waals surface area contributed by atoms with E-state index >= 15 is 0 Å². The number of aliphatic hydroxyl groups is 1. The first kappa shape index (κ1) is 13.1. The Labute approximate surface area is 108 Å². The number of aromatic nitrogens is 2. The van der Waals surface area contributed by atoms with E-state index in [9.17, 15) is 5.11 Å². The van der Waals surface area contributed by atoms with E-state index in [0.29, 0.717) is 17.8 Å². The number of nitrogen functional groups attached to an aromatic ring is 1. The molecule has 1 aromatic heterocycles. The second-order valence-electron chi connectivity index (χ2n) is 5.32. The van der Waals surface area contributed by atoms with Crippen LogP contribution in [0.15, 0.2) is 6.07 Å². The van der Waals surface area contributed by atoms with Crippen LogP contribution in [0, 0.1) is 5.92 Å². The Kier molecular flexibility index (Phi) is 4.01. The minimum atomic E-state index is 0.231. The van der Waals surface area contributed by atoms with Crippen LogP contribution in [0.4, 0.5) is 11.6 Å². The number of aliphatic hydroxyl groups excluding tert-OH is 1. The summed E-state index contributed by atoms with van der Waals surface area (Å²) in [5.41, 5.74) is 5.80. The molecule has 0 amide bonds. The van der Waals surface area contributed by atoms with E-state index in [1.165, 1.54) is 0 Å². The third-order valence-electron chi connectivity index (χ3n) is 3.51. The van der Waals surface area contributed by atoms with Gasteiger partial charge in [-0.15, -0.1) is 0 Å². The van der Waals surface area contributed by atoms with Crippen molar-refractivity contribution < 1.29 is 5.11 Å². The van der Waals surface area contributed by atoms with E-state index in [-0.39, 0.29) is 12.5 Å². The molecule has 1 aliphatic carbocycles. The smallest absolute Gasteiger partial charge is 0.135 e. The number of hydrogen-bond acceptors (Lipinski definition) is 5. The van der Waals surface area contributed by atoms with Gasteiger partial charge in [-0.3, -0.25) is 0 Å². The highest BCUT2D eigenvalue weighted by atomic mass is 16.3. The van der Waals surface area contributed by atoms with Gasteiger partial charge in [0.15, 0.2) is 0 Å². The molecule has 18 heavy (non-hydrogen) atoms. The summed E-state index contributed by atoms with van der Waals surface area (Å²) < 4.78 is 0. The van der Waals surface area contributed by atoms with Crippen molar-refractivity contribution in [1.82, 2.24) is 9.97 Å². The summed E-state index contributed by atoms with van der Waals surface area (Å²) in [6, 6.07) is 2.06. The molecule has 2 unspecified atom stereocenters. The van der Waals surface area contributed by atoms with Gasteiger partial charge in [0.1, 0.15) is 17.5 Å². The fourth-order valence-corrected chi connectivity index (χ4v) is 2.45. The molecule has 0 saturated heterocycles. The fourth-order valence-electron chi connectivity index (χ4n) is 2.45. The zero-order valence-corrected chi connectivity index (χ0v) is 11.1. The van der Waals surface area contributed by atoms with Crippen LogP contribution < -0.4 is 11.1 Å². The van der Waals surface area contributed by atoms with Gasteiger partial charge in [0.2, 0.25) is 0 Å². The van der Waals surface area contributed by atoms with Crippen LogP contribution in [-0.4, -0.2) is 27.7 Å². The van der Waals surface area contributed by atoms with Crippen molar-refractivity contribution in [2.45, 2.75) is 45.1 Å². The lowest BCUT2D eigenvalue weighted by molar-refractivity contribution is 0.222. The molecular formula is C13H22N4O. The molecule has 100 valence electrons. The summed E-state index contributed by atoms with van der Waals surface area (Å²) in [6.07, 6.45) is 3.30. The average Bonchev–Trinajstić information content (AvgIpc) is 2.75. The molecule has 0 spiro atoms. The van der Waals surface area contributed by atoms with E-state index in [4.69, 9.17) is 5.73 Å². The summed E-state index contributed by atoms with van der Waals surface area (Å²) in [7, 11) is 0. The molecule has 5 nitrogen and oxygen atoms in total.